The van der Waals surface area contributed by atoms with Crippen LogP contribution in [-0.2, 0) is 0 Å². The molecule has 2 nitrogen and oxygen atoms in total. The van der Waals surface area contributed by atoms with Gasteiger partial charge in [0.15, 0.2) is 0 Å². The maximum absolute atomic E-state index is 10.7. The lowest BCUT2D eigenvalue weighted by Crippen LogP contribution is -1.85. The molecule has 0 aromatic heterocycles. The summed E-state index contributed by atoms with van der Waals surface area (Å²) in [5.41, 5.74) is 4.97. The number of carbonyl (C=O) groups is 1. The van der Waals surface area contributed by atoms with E-state index in [-0.39, 0.29) is 0 Å². The predicted molar refractivity (Wildman–Crippen MR) is 112 cm³/mol. The average Bonchev–Trinajstić information content (AvgIpc) is 2.62. The maximum atomic E-state index is 10.7. The van der Waals surface area contributed by atoms with Crippen molar-refractivity contribution in [3.8, 4) is 11.1 Å². The monoisotopic (exact) mass is 383 g/mol. The summed E-state index contributed by atoms with van der Waals surface area (Å²) < 4.78 is 0. The second kappa shape index (κ2) is 9.91. The first-order valence-corrected chi connectivity index (χ1v) is 8.78. The quantitative estimate of drug-likeness (QED) is 0.374. The van der Waals surface area contributed by atoms with Gasteiger partial charge >= 0.3 is 0 Å². The molecule has 0 radical (unpaired) electrons. The summed E-state index contributed by atoms with van der Waals surface area (Å²) in [5, 5.41) is 1.39. The van der Waals surface area contributed by atoms with E-state index in [1.54, 1.807) is 19.2 Å². The molecule has 3 aromatic rings. The highest BCUT2D eigenvalue weighted by Gasteiger charge is 1.99. The second-order valence-corrected chi connectivity index (χ2v) is 6.58. The van der Waals surface area contributed by atoms with Crippen LogP contribution in [0.25, 0.3) is 11.1 Å². The Morgan fingerprint density at radius 2 is 1.35 bits per heavy atom. The third kappa shape index (κ3) is 6.14. The number of aryl methyl sites for hydroxylation is 1. The van der Waals surface area contributed by atoms with E-state index in [9.17, 15) is 4.79 Å². The van der Waals surface area contributed by atoms with Crippen LogP contribution < -0.4 is 0 Å². The number of carbonyl (C=O) groups excluding carboxylic acids is 1. The number of benzene rings is 3. The minimum atomic E-state index is 0.692. The molecule has 0 N–H and O–H groups in total. The summed E-state index contributed by atoms with van der Waals surface area (Å²) in [6, 6.07) is 21.1. The largest absolute Gasteiger partial charge is 0.298 e. The van der Waals surface area contributed by atoms with Crippen molar-refractivity contribution in [1.29, 1.82) is 0 Å². The first-order chi connectivity index (χ1) is 12.5. The molecule has 3 aromatic carbocycles. The Labute approximate surface area is 164 Å². The Morgan fingerprint density at radius 3 is 1.85 bits per heavy atom. The van der Waals surface area contributed by atoms with Gasteiger partial charge < -0.3 is 0 Å². The van der Waals surface area contributed by atoms with E-state index < -0.39 is 0 Å². The van der Waals surface area contributed by atoms with Gasteiger partial charge in [-0.2, -0.15) is 0 Å². The van der Waals surface area contributed by atoms with E-state index in [4.69, 9.17) is 23.2 Å². The van der Waals surface area contributed by atoms with Crippen LogP contribution in [-0.4, -0.2) is 19.5 Å². The first-order valence-electron chi connectivity index (χ1n) is 8.02. The fourth-order valence-electron chi connectivity index (χ4n) is 2.43. The number of aldehydes is 1. The standard InChI is InChI=1S/C15H13NO.C7H6Cl2/c1-16-10-12-4-2-6-14(8-12)15-7-3-5-13(9-15)11-17;1-5-2-6(8)4-7(9)3-5/h2-11H,1H3;2-4H,1H3. The average molecular weight is 384 g/mol. The number of halogens is 2. The Bertz CT molecular complexity index is 869. The number of hydrogen-bond acceptors (Lipinski definition) is 2. The SMILES string of the molecule is CN=Cc1cccc(-c2cccc(C=O)c2)c1.Cc1cc(Cl)cc(Cl)c1. The van der Waals surface area contributed by atoms with Crippen molar-refractivity contribution in [2.45, 2.75) is 6.92 Å². The normalized spacial score (nSPS) is 10.3. The number of aliphatic imine (C=N–C) groups is 1. The lowest BCUT2D eigenvalue weighted by molar-refractivity contribution is 0.112. The summed E-state index contributed by atoms with van der Waals surface area (Å²) >= 11 is 11.3. The fraction of sp³-hybridized carbons (Fsp3) is 0.0909. The van der Waals surface area contributed by atoms with E-state index in [0.29, 0.717) is 15.6 Å². The van der Waals surface area contributed by atoms with Gasteiger partial charge in [0.25, 0.3) is 0 Å². The van der Waals surface area contributed by atoms with Crippen LogP contribution in [0.3, 0.4) is 0 Å². The van der Waals surface area contributed by atoms with Gasteiger partial charge in [-0.3, -0.25) is 9.79 Å². The molecule has 0 aliphatic rings. The van der Waals surface area contributed by atoms with Gasteiger partial charge in [-0.05, 0) is 59.5 Å². The number of nitrogens with zero attached hydrogens (tertiary/aromatic N) is 1. The van der Waals surface area contributed by atoms with Gasteiger partial charge in [0.1, 0.15) is 6.29 Å². The van der Waals surface area contributed by atoms with Crippen molar-refractivity contribution in [3.63, 3.8) is 0 Å². The smallest absolute Gasteiger partial charge is 0.150 e. The molecule has 0 atom stereocenters. The van der Waals surface area contributed by atoms with Gasteiger partial charge in [0.2, 0.25) is 0 Å². The molecule has 26 heavy (non-hydrogen) atoms. The van der Waals surface area contributed by atoms with E-state index in [1.165, 1.54) is 0 Å². The molecule has 0 unspecified atom stereocenters. The third-order valence-corrected chi connectivity index (χ3v) is 3.96. The molecule has 0 aliphatic carbocycles. The van der Waals surface area contributed by atoms with Crippen LogP contribution in [0.1, 0.15) is 21.5 Å². The van der Waals surface area contributed by atoms with Crippen molar-refractivity contribution in [2.24, 2.45) is 4.99 Å². The molecule has 0 spiro atoms. The lowest BCUT2D eigenvalue weighted by Gasteiger charge is -2.03. The van der Waals surface area contributed by atoms with E-state index in [1.807, 2.05) is 61.7 Å². The molecular weight excluding hydrogens is 365 g/mol. The van der Waals surface area contributed by atoms with Crippen LogP contribution in [0, 0.1) is 6.92 Å². The number of rotatable bonds is 3. The molecule has 0 saturated carbocycles. The minimum Gasteiger partial charge on any atom is -0.298 e. The predicted octanol–water partition coefficient (Wildman–Crippen LogP) is 6.52. The van der Waals surface area contributed by atoms with Gasteiger partial charge in [-0.15, -0.1) is 0 Å². The van der Waals surface area contributed by atoms with Gasteiger partial charge in [0.05, 0.1) is 0 Å². The molecule has 4 heteroatoms. The van der Waals surface area contributed by atoms with E-state index in [0.717, 1.165) is 28.5 Å². The molecule has 0 amide bonds. The zero-order valence-electron chi connectivity index (χ0n) is 14.6. The Morgan fingerprint density at radius 1 is 0.808 bits per heavy atom. The topological polar surface area (TPSA) is 29.4 Å². The molecule has 0 bridgehead atoms. The lowest BCUT2D eigenvalue weighted by atomic mass is 10.0. The highest BCUT2D eigenvalue weighted by Crippen LogP contribution is 2.21. The van der Waals surface area contributed by atoms with Crippen molar-refractivity contribution in [3.05, 3.63) is 93.5 Å². The highest BCUT2D eigenvalue weighted by atomic mass is 35.5. The van der Waals surface area contributed by atoms with Crippen LogP contribution in [0.2, 0.25) is 10.0 Å². The molecule has 0 aliphatic heterocycles. The van der Waals surface area contributed by atoms with Crippen molar-refractivity contribution >= 4 is 35.7 Å². The Hall–Kier alpha value is -2.42. The summed E-state index contributed by atoms with van der Waals surface area (Å²) in [5.74, 6) is 0. The molecule has 0 saturated heterocycles. The van der Waals surface area contributed by atoms with E-state index in [2.05, 4.69) is 11.1 Å². The molecular formula is C22H19Cl2NO. The van der Waals surface area contributed by atoms with Crippen LogP contribution >= 0.6 is 23.2 Å². The molecule has 0 heterocycles. The van der Waals surface area contributed by atoms with Crippen molar-refractivity contribution < 1.29 is 4.79 Å². The van der Waals surface area contributed by atoms with Gasteiger partial charge in [-0.25, -0.2) is 0 Å². The number of hydrogen-bond donors (Lipinski definition) is 0. The molecule has 0 fully saturated rings. The minimum absolute atomic E-state index is 0.692. The van der Waals surface area contributed by atoms with Crippen LogP contribution in [0.4, 0.5) is 0 Å². The fourth-order valence-corrected chi connectivity index (χ4v) is 3.07. The summed E-state index contributed by atoms with van der Waals surface area (Å²) in [6.07, 6.45) is 2.67. The Balaban J connectivity index is 0.000000228. The van der Waals surface area contributed by atoms with Gasteiger partial charge in [-0.1, -0.05) is 59.6 Å². The molecule has 132 valence electrons. The summed E-state index contributed by atoms with van der Waals surface area (Å²) in [7, 11) is 1.75. The first kappa shape index (κ1) is 19.9. The van der Waals surface area contributed by atoms with Crippen molar-refractivity contribution in [2.75, 3.05) is 7.05 Å². The van der Waals surface area contributed by atoms with Crippen molar-refractivity contribution in [1.82, 2.24) is 0 Å². The Kier molecular flexibility index (Phi) is 7.58. The summed E-state index contributed by atoms with van der Waals surface area (Å²) in [4.78, 5) is 14.7. The zero-order chi connectivity index (χ0) is 18.9. The van der Waals surface area contributed by atoms with Crippen LogP contribution in [0.5, 0.6) is 0 Å². The van der Waals surface area contributed by atoms with Gasteiger partial charge in [0, 0.05) is 28.9 Å². The van der Waals surface area contributed by atoms with E-state index >= 15 is 0 Å². The third-order valence-electron chi connectivity index (χ3n) is 3.53. The zero-order valence-corrected chi connectivity index (χ0v) is 16.1. The van der Waals surface area contributed by atoms with Crippen LogP contribution in [0.15, 0.2) is 71.7 Å². The highest BCUT2D eigenvalue weighted by molar-refractivity contribution is 6.34. The second-order valence-electron chi connectivity index (χ2n) is 5.70. The summed E-state index contributed by atoms with van der Waals surface area (Å²) in [6.45, 7) is 1.96. The molecule has 3 rings (SSSR count). The maximum Gasteiger partial charge on any atom is 0.150 e.